The van der Waals surface area contributed by atoms with Crippen molar-refractivity contribution in [2.75, 3.05) is 19.6 Å². The molecule has 0 N–H and O–H groups in total. The van der Waals surface area contributed by atoms with E-state index < -0.39 is 0 Å². The summed E-state index contributed by atoms with van der Waals surface area (Å²) in [6.07, 6.45) is 0. The molecule has 0 amide bonds. The highest BCUT2D eigenvalue weighted by Gasteiger charge is 2.32. The Morgan fingerprint density at radius 2 is 0.500 bits per heavy atom. The number of nitrogens with zero attached hydrogens (tertiary/aromatic N) is 8. The van der Waals surface area contributed by atoms with Crippen LogP contribution in [0.25, 0.3) is 22.5 Å². The summed E-state index contributed by atoms with van der Waals surface area (Å²) in [4.78, 5) is 18.7. The lowest BCUT2D eigenvalue weighted by atomic mass is 10.0. The lowest BCUT2D eigenvalue weighted by Gasteiger charge is -2.40. The van der Waals surface area contributed by atoms with Gasteiger partial charge in [-0.1, -0.05) is 109 Å². The first-order valence-corrected chi connectivity index (χ1v) is 20.3. The summed E-state index contributed by atoms with van der Waals surface area (Å²) in [7, 11) is 0. The van der Waals surface area contributed by atoms with Gasteiger partial charge in [-0.25, -0.2) is 9.97 Å². The summed E-state index contributed by atoms with van der Waals surface area (Å²) < 4.78 is 0. The Balaban J connectivity index is 0.931. The van der Waals surface area contributed by atoms with Gasteiger partial charge in [0.1, 0.15) is 23.5 Å². The topological polar surface area (TPSA) is 86.3 Å². The number of anilines is 12. The highest BCUT2D eigenvalue weighted by molar-refractivity contribution is 6.03. The van der Waals surface area contributed by atoms with Crippen LogP contribution in [-0.2, 0) is 0 Å². The normalized spacial score (nSPS) is 12.4. The maximum absolute atomic E-state index is 10.5. The zero-order chi connectivity index (χ0) is 41.6. The Kier molecular flexibility index (Phi) is 8.74. The van der Waals surface area contributed by atoms with Gasteiger partial charge >= 0.3 is 0 Å². The average molecular weight is 795 g/mol. The van der Waals surface area contributed by atoms with Crippen LogP contribution in [0.2, 0.25) is 0 Å². The number of para-hydroxylation sites is 10. The zero-order valence-electron chi connectivity index (χ0n) is 33.2. The predicted octanol–water partition coefficient (Wildman–Crippen LogP) is 14.1. The number of fused-ring (bicyclic) bond motifs is 4. The van der Waals surface area contributed by atoms with Gasteiger partial charge in [-0.3, -0.25) is 0 Å². The lowest BCUT2D eigenvalue weighted by Crippen LogP contribution is -2.23. The monoisotopic (exact) mass is 794 g/mol. The van der Waals surface area contributed by atoms with Crippen LogP contribution in [-0.4, -0.2) is 9.97 Å². The minimum Gasteiger partial charge on any atom is -0.306 e. The minimum atomic E-state index is 0.142. The number of rotatable bonds is 6. The van der Waals surface area contributed by atoms with E-state index in [4.69, 9.17) is 9.97 Å². The predicted molar refractivity (Wildman–Crippen MR) is 248 cm³/mol. The van der Waals surface area contributed by atoms with E-state index in [0.717, 1.165) is 68.2 Å². The summed E-state index contributed by atoms with van der Waals surface area (Å²) in [6, 6.07) is 74.7. The van der Waals surface area contributed by atoms with Crippen molar-refractivity contribution >= 4 is 68.2 Å². The molecule has 62 heavy (non-hydrogen) atoms. The van der Waals surface area contributed by atoms with Crippen LogP contribution in [0.5, 0.6) is 0 Å². The summed E-state index contributed by atoms with van der Waals surface area (Å²) in [5.41, 5.74) is 14.8. The molecule has 290 valence electrons. The highest BCUT2D eigenvalue weighted by atomic mass is 15.3. The fraction of sp³-hybridized carbons (Fsp3) is 0. The molecule has 0 bridgehead atoms. The van der Waals surface area contributed by atoms with E-state index in [2.05, 4.69) is 177 Å². The van der Waals surface area contributed by atoms with Gasteiger partial charge in [0.25, 0.3) is 0 Å². The SMILES string of the molecule is N#Cc1nc(-c2ccc(N3c4ccccc4N(c4ccccc4)c4ccccc43)cc2)c(C#N)nc1-c1ccc(N2c3ccccc3N(c3ccccc3)c3ccccc32)cc1. The van der Waals surface area contributed by atoms with Crippen LogP contribution >= 0.6 is 0 Å². The van der Waals surface area contributed by atoms with E-state index in [1.54, 1.807) is 0 Å². The van der Waals surface area contributed by atoms with E-state index in [9.17, 15) is 10.5 Å². The molecule has 0 saturated carbocycles. The average Bonchev–Trinajstić information content (AvgIpc) is 3.35. The van der Waals surface area contributed by atoms with Crippen molar-refractivity contribution < 1.29 is 0 Å². The van der Waals surface area contributed by atoms with Crippen LogP contribution in [0, 0.1) is 22.7 Å². The first kappa shape index (κ1) is 36.1. The molecule has 0 aliphatic carbocycles. The number of benzene rings is 8. The van der Waals surface area contributed by atoms with Crippen LogP contribution in [0.15, 0.2) is 206 Å². The second-order valence-corrected chi connectivity index (χ2v) is 14.9. The number of aromatic nitrogens is 2. The molecule has 0 radical (unpaired) electrons. The fourth-order valence-corrected chi connectivity index (χ4v) is 8.69. The smallest absolute Gasteiger partial charge is 0.167 e. The second kappa shape index (κ2) is 15.0. The van der Waals surface area contributed by atoms with Gasteiger partial charge in [-0.2, -0.15) is 10.5 Å². The van der Waals surface area contributed by atoms with Gasteiger partial charge in [0, 0.05) is 33.9 Å². The number of hydrogen-bond donors (Lipinski definition) is 0. The third-order valence-corrected chi connectivity index (χ3v) is 11.4. The minimum absolute atomic E-state index is 0.142. The standard InChI is InChI=1S/C54H34N8/c55-35-43-53(37-27-31-41(32-28-37)61-49-23-11-7-19-45(49)59(39-15-3-1-4-16-39)46-20-8-12-24-50(46)61)57-44(36-56)54(58-43)38-29-33-42(34-30-38)62-51-25-13-9-21-47(51)60(40-17-5-2-6-18-40)48-22-10-14-26-52(48)62/h1-34H. The molecule has 2 aliphatic heterocycles. The maximum Gasteiger partial charge on any atom is 0.167 e. The highest BCUT2D eigenvalue weighted by Crippen LogP contribution is 2.55. The number of nitriles is 2. The Labute approximate surface area is 359 Å². The summed E-state index contributed by atoms with van der Waals surface area (Å²) in [5.74, 6) is 0. The quantitative estimate of drug-likeness (QED) is 0.164. The molecular weight excluding hydrogens is 761 g/mol. The van der Waals surface area contributed by atoms with E-state index in [1.807, 2.05) is 60.7 Å². The molecule has 0 saturated heterocycles. The van der Waals surface area contributed by atoms with Gasteiger partial charge < -0.3 is 19.6 Å². The number of hydrogen-bond acceptors (Lipinski definition) is 8. The molecule has 0 spiro atoms. The van der Waals surface area contributed by atoms with Crippen molar-refractivity contribution in [2.45, 2.75) is 0 Å². The molecule has 9 aromatic rings. The van der Waals surface area contributed by atoms with Gasteiger partial charge in [0.15, 0.2) is 11.4 Å². The lowest BCUT2D eigenvalue weighted by molar-refractivity contribution is 1.14. The van der Waals surface area contributed by atoms with Gasteiger partial charge in [-0.15, -0.1) is 0 Å². The molecule has 0 atom stereocenters. The van der Waals surface area contributed by atoms with E-state index >= 15 is 0 Å². The molecule has 8 nitrogen and oxygen atoms in total. The Hall–Kier alpha value is -8.98. The maximum atomic E-state index is 10.5. The molecule has 3 heterocycles. The van der Waals surface area contributed by atoms with Gasteiger partial charge in [-0.05, 0) is 97.1 Å². The van der Waals surface area contributed by atoms with Crippen LogP contribution in [0.1, 0.15) is 11.4 Å². The molecule has 0 fully saturated rings. The van der Waals surface area contributed by atoms with Crippen LogP contribution in [0.4, 0.5) is 68.2 Å². The Bertz CT molecular complexity index is 2910. The molecule has 8 heteroatoms. The Morgan fingerprint density at radius 1 is 0.274 bits per heavy atom. The molecule has 2 aliphatic rings. The third-order valence-electron chi connectivity index (χ3n) is 11.4. The van der Waals surface area contributed by atoms with Gasteiger partial charge in [0.2, 0.25) is 0 Å². The molecule has 0 unspecified atom stereocenters. The molecular formula is C54H34N8. The van der Waals surface area contributed by atoms with Gasteiger partial charge in [0.05, 0.1) is 45.5 Å². The van der Waals surface area contributed by atoms with Crippen molar-refractivity contribution in [2.24, 2.45) is 0 Å². The summed E-state index contributed by atoms with van der Waals surface area (Å²) in [5, 5.41) is 20.9. The van der Waals surface area contributed by atoms with Crippen molar-refractivity contribution in [3.63, 3.8) is 0 Å². The zero-order valence-corrected chi connectivity index (χ0v) is 33.2. The largest absolute Gasteiger partial charge is 0.306 e. The van der Waals surface area contributed by atoms with Crippen molar-refractivity contribution in [3.05, 3.63) is 218 Å². The van der Waals surface area contributed by atoms with E-state index in [0.29, 0.717) is 22.5 Å². The molecule has 11 rings (SSSR count). The van der Waals surface area contributed by atoms with Crippen molar-refractivity contribution in [1.29, 1.82) is 10.5 Å². The first-order valence-electron chi connectivity index (χ1n) is 20.3. The van der Waals surface area contributed by atoms with E-state index in [1.165, 1.54) is 0 Å². The molecule has 1 aromatic heterocycles. The van der Waals surface area contributed by atoms with Crippen molar-refractivity contribution in [3.8, 4) is 34.7 Å². The molecule has 8 aromatic carbocycles. The van der Waals surface area contributed by atoms with E-state index in [-0.39, 0.29) is 11.4 Å². The van der Waals surface area contributed by atoms with Crippen molar-refractivity contribution in [1.82, 2.24) is 9.97 Å². The Morgan fingerprint density at radius 3 is 0.742 bits per heavy atom. The summed E-state index contributed by atoms with van der Waals surface area (Å²) in [6.45, 7) is 0. The fourth-order valence-electron chi connectivity index (χ4n) is 8.69. The first-order chi connectivity index (χ1) is 30.7. The van der Waals surface area contributed by atoms with Crippen LogP contribution < -0.4 is 19.6 Å². The third kappa shape index (κ3) is 5.91. The van der Waals surface area contributed by atoms with Crippen LogP contribution in [0.3, 0.4) is 0 Å². The second-order valence-electron chi connectivity index (χ2n) is 14.9. The summed E-state index contributed by atoms with van der Waals surface area (Å²) >= 11 is 0.